The lowest BCUT2D eigenvalue weighted by molar-refractivity contribution is 0.190. The van der Waals surface area contributed by atoms with Crippen LogP contribution in [0.1, 0.15) is 5.69 Å². The molecule has 66 valence electrons. The van der Waals surface area contributed by atoms with Crippen LogP contribution in [0.25, 0.3) is 11.3 Å². The fraction of sp³-hybridized carbons (Fsp3) is 0.100. The Hall–Kier alpha value is -1.77. The first-order chi connectivity index (χ1) is 6.29. The van der Waals surface area contributed by atoms with Crippen LogP contribution in [0.3, 0.4) is 0 Å². The number of hydrogen-bond acceptors (Lipinski definition) is 2. The monoisotopic (exact) mass is 174 g/mol. The van der Waals surface area contributed by atoms with Crippen molar-refractivity contribution in [2.45, 2.75) is 6.92 Å². The molecule has 0 spiro atoms. The number of rotatable bonds is 1. The normalized spacial score (nSPS) is 10.2. The lowest BCUT2D eigenvalue weighted by Gasteiger charge is -2.01. The molecule has 13 heavy (non-hydrogen) atoms. The summed E-state index contributed by atoms with van der Waals surface area (Å²) in [7, 11) is 0. The maximum Gasteiger partial charge on any atom is 0.132 e. The fourth-order valence-corrected chi connectivity index (χ4v) is 1.36. The van der Waals surface area contributed by atoms with E-state index in [2.05, 4.69) is 4.98 Å². The minimum Gasteiger partial charge on any atom is -0.427 e. The molecule has 2 rings (SSSR count). The Morgan fingerprint density at radius 3 is 2.46 bits per heavy atom. The van der Waals surface area contributed by atoms with Gasteiger partial charge in [0.25, 0.3) is 0 Å². The summed E-state index contributed by atoms with van der Waals surface area (Å²) in [6.07, 6.45) is 1.40. The average molecular weight is 174 g/mol. The highest BCUT2D eigenvalue weighted by atomic mass is 16.5. The van der Waals surface area contributed by atoms with Crippen molar-refractivity contribution in [1.29, 1.82) is 0 Å². The van der Waals surface area contributed by atoms with Crippen LogP contribution in [0, 0.1) is 6.92 Å². The van der Waals surface area contributed by atoms with Crippen molar-refractivity contribution in [3.05, 3.63) is 42.4 Å². The van der Waals surface area contributed by atoms with Crippen molar-refractivity contribution in [3.8, 4) is 11.3 Å². The van der Waals surface area contributed by atoms with Gasteiger partial charge in [0.2, 0.25) is 0 Å². The molecule has 0 unspecified atom stereocenters. The molecule has 1 aromatic carbocycles. The first-order valence-electron chi connectivity index (χ1n) is 4.07. The van der Waals surface area contributed by atoms with E-state index in [4.69, 9.17) is 0 Å². The van der Waals surface area contributed by atoms with E-state index >= 15 is 0 Å². The van der Waals surface area contributed by atoms with Gasteiger partial charge >= 0.3 is 0 Å². The molecule has 1 aromatic heterocycles. The minimum atomic E-state index is 0.751. The molecule has 0 atom stereocenters. The van der Waals surface area contributed by atoms with E-state index in [1.165, 1.54) is 6.33 Å². The summed E-state index contributed by atoms with van der Waals surface area (Å²) < 4.78 is 1.05. The molecular weight excluding hydrogens is 164 g/mol. The smallest absolute Gasteiger partial charge is 0.132 e. The van der Waals surface area contributed by atoms with E-state index in [1.807, 2.05) is 37.3 Å². The Morgan fingerprint density at radius 2 is 1.92 bits per heavy atom. The topological polar surface area (TPSA) is 38.0 Å². The molecule has 0 fully saturated rings. The first-order valence-corrected chi connectivity index (χ1v) is 4.07. The van der Waals surface area contributed by atoms with Crippen molar-refractivity contribution < 1.29 is 5.21 Å². The van der Waals surface area contributed by atoms with Crippen LogP contribution >= 0.6 is 0 Å². The average Bonchev–Trinajstić information content (AvgIpc) is 2.48. The van der Waals surface area contributed by atoms with Crippen molar-refractivity contribution >= 4 is 0 Å². The summed E-state index contributed by atoms with van der Waals surface area (Å²) in [6, 6.07) is 9.69. The standard InChI is InChI=1S/C10H10N2O/c1-8-10(12(13)7-11-8)9-5-3-2-4-6-9/h2-7,13H,1H3. The van der Waals surface area contributed by atoms with Gasteiger partial charge in [0, 0.05) is 5.56 Å². The van der Waals surface area contributed by atoms with Gasteiger partial charge in [0.05, 0.1) is 5.69 Å². The summed E-state index contributed by atoms with van der Waals surface area (Å²) in [6.45, 7) is 1.87. The van der Waals surface area contributed by atoms with Gasteiger partial charge in [0.15, 0.2) is 0 Å². The number of nitrogens with zero attached hydrogens (tertiary/aromatic N) is 2. The van der Waals surface area contributed by atoms with E-state index in [0.717, 1.165) is 21.7 Å². The summed E-state index contributed by atoms with van der Waals surface area (Å²) in [5, 5.41) is 9.44. The van der Waals surface area contributed by atoms with E-state index in [0.29, 0.717) is 0 Å². The molecule has 1 heterocycles. The van der Waals surface area contributed by atoms with E-state index in [1.54, 1.807) is 0 Å². The maximum absolute atomic E-state index is 9.44. The number of hydrogen-bond donors (Lipinski definition) is 1. The van der Waals surface area contributed by atoms with Gasteiger partial charge < -0.3 is 5.21 Å². The quantitative estimate of drug-likeness (QED) is 0.672. The zero-order chi connectivity index (χ0) is 9.26. The van der Waals surface area contributed by atoms with Gasteiger partial charge in [-0.25, -0.2) is 4.98 Å². The second kappa shape index (κ2) is 2.94. The molecule has 2 aromatic rings. The Labute approximate surface area is 76.2 Å². The third kappa shape index (κ3) is 1.28. The molecule has 0 amide bonds. The van der Waals surface area contributed by atoms with Crippen LogP contribution in [0.5, 0.6) is 0 Å². The Bertz CT molecular complexity index is 387. The number of aromatic nitrogens is 2. The summed E-state index contributed by atoms with van der Waals surface area (Å²) in [5.41, 5.74) is 2.55. The van der Waals surface area contributed by atoms with Gasteiger partial charge in [-0.1, -0.05) is 30.3 Å². The van der Waals surface area contributed by atoms with Gasteiger partial charge in [0.1, 0.15) is 12.0 Å². The second-order valence-corrected chi connectivity index (χ2v) is 2.89. The Balaban J connectivity index is 2.59. The highest BCUT2D eigenvalue weighted by Crippen LogP contribution is 2.20. The van der Waals surface area contributed by atoms with Crippen LogP contribution in [-0.4, -0.2) is 14.9 Å². The predicted octanol–water partition coefficient (Wildman–Crippen LogP) is 2.10. The van der Waals surface area contributed by atoms with Crippen LogP contribution in [0.2, 0.25) is 0 Å². The summed E-state index contributed by atoms with van der Waals surface area (Å²) in [4.78, 5) is 4.01. The molecule has 0 saturated carbocycles. The lowest BCUT2D eigenvalue weighted by atomic mass is 10.1. The molecule has 3 heteroatoms. The predicted molar refractivity (Wildman–Crippen MR) is 49.6 cm³/mol. The van der Waals surface area contributed by atoms with Crippen LogP contribution in [0.4, 0.5) is 0 Å². The Morgan fingerprint density at radius 1 is 1.23 bits per heavy atom. The lowest BCUT2D eigenvalue weighted by Crippen LogP contribution is -1.91. The van der Waals surface area contributed by atoms with Gasteiger partial charge in [-0.15, -0.1) is 0 Å². The summed E-state index contributed by atoms with van der Waals surface area (Å²) in [5.74, 6) is 0. The van der Waals surface area contributed by atoms with Crippen LogP contribution < -0.4 is 0 Å². The van der Waals surface area contributed by atoms with Crippen molar-refractivity contribution in [1.82, 2.24) is 9.71 Å². The van der Waals surface area contributed by atoms with Crippen molar-refractivity contribution in [2.24, 2.45) is 0 Å². The van der Waals surface area contributed by atoms with Gasteiger partial charge in [-0.3, -0.25) is 0 Å². The molecule has 0 aliphatic carbocycles. The number of imidazole rings is 1. The molecule has 0 aliphatic heterocycles. The van der Waals surface area contributed by atoms with E-state index in [9.17, 15) is 5.21 Å². The van der Waals surface area contributed by atoms with Crippen LogP contribution in [0.15, 0.2) is 36.7 Å². The van der Waals surface area contributed by atoms with E-state index < -0.39 is 0 Å². The molecule has 0 aliphatic rings. The number of aryl methyl sites for hydroxylation is 1. The highest BCUT2D eigenvalue weighted by molar-refractivity contribution is 5.61. The molecule has 3 nitrogen and oxygen atoms in total. The molecule has 1 N–H and O–H groups in total. The zero-order valence-electron chi connectivity index (χ0n) is 7.31. The number of benzene rings is 1. The third-order valence-electron chi connectivity index (χ3n) is 1.98. The SMILES string of the molecule is Cc1ncn(O)c1-c1ccccc1. The molecule has 0 saturated heterocycles. The van der Waals surface area contributed by atoms with Crippen LogP contribution in [-0.2, 0) is 0 Å². The zero-order valence-corrected chi connectivity index (χ0v) is 7.31. The van der Waals surface area contributed by atoms with Crippen molar-refractivity contribution in [3.63, 3.8) is 0 Å². The minimum absolute atomic E-state index is 0.751. The van der Waals surface area contributed by atoms with E-state index in [-0.39, 0.29) is 0 Å². The first kappa shape index (κ1) is 7.86. The maximum atomic E-state index is 9.44. The molecular formula is C10H10N2O. The molecule has 0 bridgehead atoms. The second-order valence-electron chi connectivity index (χ2n) is 2.89. The Kier molecular flexibility index (Phi) is 1.77. The highest BCUT2D eigenvalue weighted by Gasteiger charge is 2.07. The van der Waals surface area contributed by atoms with Gasteiger partial charge in [-0.2, -0.15) is 4.73 Å². The third-order valence-corrected chi connectivity index (χ3v) is 1.98. The van der Waals surface area contributed by atoms with Gasteiger partial charge in [-0.05, 0) is 6.92 Å². The molecule has 0 radical (unpaired) electrons. The summed E-state index contributed by atoms with van der Waals surface area (Å²) >= 11 is 0. The fourth-order valence-electron chi connectivity index (χ4n) is 1.36. The largest absolute Gasteiger partial charge is 0.427 e. The van der Waals surface area contributed by atoms with Crippen molar-refractivity contribution in [2.75, 3.05) is 0 Å².